The summed E-state index contributed by atoms with van der Waals surface area (Å²) in [5.74, 6) is 0.145. The van der Waals surface area contributed by atoms with Crippen molar-refractivity contribution in [2.75, 3.05) is 13.2 Å². The molecule has 1 aromatic carbocycles. The molecule has 0 radical (unpaired) electrons. The maximum atomic E-state index is 12.7. The van der Waals surface area contributed by atoms with Gasteiger partial charge in [0.15, 0.2) is 0 Å². The average molecular weight is 280 g/mol. The van der Waals surface area contributed by atoms with E-state index in [0.29, 0.717) is 17.1 Å². The van der Waals surface area contributed by atoms with Gasteiger partial charge in [0, 0.05) is 35.9 Å². The van der Waals surface area contributed by atoms with E-state index in [0.717, 1.165) is 44.5 Å². The van der Waals surface area contributed by atoms with Crippen LogP contribution in [0.5, 0.6) is 0 Å². The summed E-state index contributed by atoms with van der Waals surface area (Å²) in [6.45, 7) is 1.53. The SMILES string of the molecule is O=C(c1ccc(Cl)cc1)N(C1CCOCC1)C1CC1. The van der Waals surface area contributed by atoms with Crippen LogP contribution in [-0.2, 0) is 4.74 Å². The van der Waals surface area contributed by atoms with Gasteiger partial charge in [-0.05, 0) is 49.9 Å². The number of nitrogens with zero attached hydrogens (tertiary/aromatic N) is 1. The van der Waals surface area contributed by atoms with Crippen LogP contribution in [0.4, 0.5) is 0 Å². The first kappa shape index (κ1) is 12.9. The van der Waals surface area contributed by atoms with Gasteiger partial charge in [-0.15, -0.1) is 0 Å². The number of carbonyl (C=O) groups excluding carboxylic acids is 1. The van der Waals surface area contributed by atoms with Gasteiger partial charge in [0.1, 0.15) is 0 Å². The summed E-state index contributed by atoms with van der Waals surface area (Å²) in [5.41, 5.74) is 0.739. The quantitative estimate of drug-likeness (QED) is 0.851. The first-order valence-corrected chi connectivity index (χ1v) is 7.29. The molecule has 102 valence electrons. The monoisotopic (exact) mass is 279 g/mol. The zero-order valence-electron chi connectivity index (χ0n) is 10.8. The second-order valence-electron chi connectivity index (χ2n) is 5.29. The molecule has 3 nitrogen and oxygen atoms in total. The normalized spacial score (nSPS) is 20.3. The van der Waals surface area contributed by atoms with Gasteiger partial charge in [-0.25, -0.2) is 0 Å². The van der Waals surface area contributed by atoms with Crippen LogP contribution in [0.1, 0.15) is 36.0 Å². The Balaban J connectivity index is 1.79. The molecule has 1 saturated carbocycles. The Kier molecular flexibility index (Phi) is 3.76. The highest BCUT2D eigenvalue weighted by molar-refractivity contribution is 6.30. The summed E-state index contributed by atoms with van der Waals surface area (Å²) >= 11 is 5.88. The molecule has 1 aromatic rings. The summed E-state index contributed by atoms with van der Waals surface area (Å²) in [6, 6.07) is 7.97. The van der Waals surface area contributed by atoms with Gasteiger partial charge in [-0.2, -0.15) is 0 Å². The molecule has 0 bridgehead atoms. The molecule has 1 aliphatic carbocycles. The van der Waals surface area contributed by atoms with E-state index in [1.54, 1.807) is 12.1 Å². The van der Waals surface area contributed by atoms with Crippen molar-refractivity contribution >= 4 is 17.5 Å². The maximum Gasteiger partial charge on any atom is 0.254 e. The lowest BCUT2D eigenvalue weighted by Gasteiger charge is -2.34. The topological polar surface area (TPSA) is 29.5 Å². The van der Waals surface area contributed by atoms with E-state index >= 15 is 0 Å². The molecular weight excluding hydrogens is 262 g/mol. The van der Waals surface area contributed by atoms with Crippen LogP contribution in [0.25, 0.3) is 0 Å². The number of amides is 1. The van der Waals surface area contributed by atoms with E-state index < -0.39 is 0 Å². The van der Waals surface area contributed by atoms with Gasteiger partial charge < -0.3 is 9.64 Å². The van der Waals surface area contributed by atoms with Crippen LogP contribution >= 0.6 is 11.6 Å². The molecule has 4 heteroatoms. The van der Waals surface area contributed by atoms with Crippen LogP contribution in [-0.4, -0.2) is 36.1 Å². The Morgan fingerprint density at radius 1 is 1.05 bits per heavy atom. The average Bonchev–Trinajstić information content (AvgIpc) is 3.25. The van der Waals surface area contributed by atoms with Crippen molar-refractivity contribution in [2.45, 2.75) is 37.8 Å². The number of ether oxygens (including phenoxy) is 1. The smallest absolute Gasteiger partial charge is 0.254 e. The number of halogens is 1. The number of hydrogen-bond donors (Lipinski definition) is 0. The Labute approximate surface area is 118 Å². The summed E-state index contributed by atoms with van der Waals surface area (Å²) in [7, 11) is 0. The van der Waals surface area contributed by atoms with E-state index in [1.807, 2.05) is 12.1 Å². The summed E-state index contributed by atoms with van der Waals surface area (Å²) < 4.78 is 5.40. The molecule has 3 rings (SSSR count). The molecule has 0 aromatic heterocycles. The zero-order valence-corrected chi connectivity index (χ0v) is 11.6. The van der Waals surface area contributed by atoms with Crippen molar-refractivity contribution in [1.82, 2.24) is 4.90 Å². The zero-order chi connectivity index (χ0) is 13.2. The molecule has 0 N–H and O–H groups in total. The first-order valence-electron chi connectivity index (χ1n) is 6.91. The van der Waals surface area contributed by atoms with Gasteiger partial charge in [-0.1, -0.05) is 11.6 Å². The van der Waals surface area contributed by atoms with E-state index in [1.165, 1.54) is 0 Å². The maximum absolute atomic E-state index is 12.7. The third-order valence-corrected chi connectivity index (χ3v) is 4.10. The van der Waals surface area contributed by atoms with Crippen molar-refractivity contribution in [1.29, 1.82) is 0 Å². The van der Waals surface area contributed by atoms with Crippen LogP contribution in [0.3, 0.4) is 0 Å². The van der Waals surface area contributed by atoms with Crippen molar-refractivity contribution < 1.29 is 9.53 Å². The largest absolute Gasteiger partial charge is 0.381 e. The Morgan fingerprint density at radius 2 is 1.63 bits per heavy atom. The molecule has 0 atom stereocenters. The molecule has 19 heavy (non-hydrogen) atoms. The number of benzene rings is 1. The lowest BCUT2D eigenvalue weighted by Crippen LogP contribution is -2.44. The minimum Gasteiger partial charge on any atom is -0.381 e. The minimum atomic E-state index is 0.145. The van der Waals surface area contributed by atoms with Crippen LogP contribution in [0.15, 0.2) is 24.3 Å². The van der Waals surface area contributed by atoms with Crippen molar-refractivity contribution in [3.05, 3.63) is 34.9 Å². The molecule has 1 heterocycles. The van der Waals surface area contributed by atoms with Crippen molar-refractivity contribution in [2.24, 2.45) is 0 Å². The first-order chi connectivity index (χ1) is 9.25. The molecule has 1 aliphatic heterocycles. The van der Waals surface area contributed by atoms with E-state index in [2.05, 4.69) is 4.90 Å². The van der Waals surface area contributed by atoms with E-state index in [-0.39, 0.29) is 5.91 Å². The van der Waals surface area contributed by atoms with E-state index in [9.17, 15) is 4.79 Å². The molecule has 0 spiro atoms. The van der Waals surface area contributed by atoms with E-state index in [4.69, 9.17) is 16.3 Å². The predicted molar refractivity (Wildman–Crippen MR) is 74.5 cm³/mol. The van der Waals surface area contributed by atoms with Crippen LogP contribution in [0.2, 0.25) is 5.02 Å². The fourth-order valence-electron chi connectivity index (χ4n) is 2.69. The molecule has 1 saturated heterocycles. The third-order valence-electron chi connectivity index (χ3n) is 3.85. The predicted octanol–water partition coefficient (Wildman–Crippen LogP) is 3.12. The van der Waals surface area contributed by atoms with Crippen LogP contribution in [0, 0.1) is 0 Å². The summed E-state index contributed by atoms with van der Waals surface area (Å²) in [5, 5.41) is 0.667. The van der Waals surface area contributed by atoms with Gasteiger partial charge in [0.25, 0.3) is 5.91 Å². The second-order valence-corrected chi connectivity index (χ2v) is 5.73. The highest BCUT2D eigenvalue weighted by atomic mass is 35.5. The minimum absolute atomic E-state index is 0.145. The van der Waals surface area contributed by atoms with Crippen LogP contribution < -0.4 is 0 Å². The lowest BCUT2D eigenvalue weighted by molar-refractivity contribution is 0.0267. The number of rotatable bonds is 3. The fraction of sp³-hybridized carbons (Fsp3) is 0.533. The third kappa shape index (κ3) is 2.93. The number of hydrogen-bond acceptors (Lipinski definition) is 2. The summed E-state index contributed by atoms with van der Waals surface area (Å²) in [4.78, 5) is 14.8. The Morgan fingerprint density at radius 3 is 2.21 bits per heavy atom. The Hall–Kier alpha value is -1.06. The van der Waals surface area contributed by atoms with Gasteiger partial charge in [0.05, 0.1) is 0 Å². The molecule has 2 aliphatic rings. The van der Waals surface area contributed by atoms with Gasteiger partial charge in [-0.3, -0.25) is 4.79 Å². The highest BCUT2D eigenvalue weighted by Gasteiger charge is 2.38. The molecular formula is C15H18ClNO2. The summed E-state index contributed by atoms with van der Waals surface area (Å²) in [6.07, 6.45) is 4.18. The fourth-order valence-corrected chi connectivity index (χ4v) is 2.81. The standard InChI is InChI=1S/C15H18ClNO2/c16-12-3-1-11(2-4-12)15(18)17(13-5-6-13)14-7-9-19-10-8-14/h1-4,13-14H,5-10H2. The molecule has 1 amide bonds. The highest BCUT2D eigenvalue weighted by Crippen LogP contribution is 2.33. The molecule has 0 unspecified atom stereocenters. The van der Waals surface area contributed by atoms with Crippen molar-refractivity contribution in [3.63, 3.8) is 0 Å². The van der Waals surface area contributed by atoms with Gasteiger partial charge in [0.2, 0.25) is 0 Å². The van der Waals surface area contributed by atoms with Crippen molar-refractivity contribution in [3.8, 4) is 0 Å². The Bertz CT molecular complexity index is 450. The number of carbonyl (C=O) groups is 1. The second kappa shape index (κ2) is 5.51. The lowest BCUT2D eigenvalue weighted by atomic mass is 10.0. The molecule has 2 fully saturated rings. The van der Waals surface area contributed by atoms with Gasteiger partial charge >= 0.3 is 0 Å².